The number of carboxylic acids is 1. The molecular formula is C9H8N4O2. The molecule has 6 nitrogen and oxygen atoms in total. The van der Waals surface area contributed by atoms with E-state index < -0.39 is 5.97 Å². The van der Waals surface area contributed by atoms with Crippen LogP contribution >= 0.6 is 0 Å². The number of nitrogens with two attached hydrogens (primary N) is 1. The van der Waals surface area contributed by atoms with Crippen molar-refractivity contribution >= 4 is 11.7 Å². The lowest BCUT2D eigenvalue weighted by atomic mass is 10.1. The number of carbonyl (C=O) groups is 1. The molecule has 3 N–H and O–H groups in total. The van der Waals surface area contributed by atoms with E-state index in [9.17, 15) is 4.79 Å². The van der Waals surface area contributed by atoms with Crippen LogP contribution in [0.4, 0.5) is 5.69 Å². The van der Waals surface area contributed by atoms with Gasteiger partial charge in [-0.2, -0.15) is 5.10 Å². The minimum atomic E-state index is -1.06. The minimum absolute atomic E-state index is 0.0583. The fourth-order valence-electron chi connectivity index (χ4n) is 1.27. The largest absolute Gasteiger partial charge is 0.478 e. The van der Waals surface area contributed by atoms with Crippen LogP contribution in [0.25, 0.3) is 5.69 Å². The molecule has 0 aliphatic heterocycles. The molecule has 0 aliphatic carbocycles. The molecule has 0 radical (unpaired) electrons. The second kappa shape index (κ2) is 3.41. The maximum absolute atomic E-state index is 10.8. The topological polar surface area (TPSA) is 94.0 Å². The number of hydrogen-bond donors (Lipinski definition) is 2. The van der Waals surface area contributed by atoms with Gasteiger partial charge < -0.3 is 10.8 Å². The Kier molecular flexibility index (Phi) is 2.09. The number of rotatable bonds is 2. The normalized spacial score (nSPS) is 10.1. The molecule has 0 bridgehead atoms. The van der Waals surface area contributed by atoms with Gasteiger partial charge in [0.05, 0.1) is 16.9 Å². The fourth-order valence-corrected chi connectivity index (χ4v) is 1.27. The summed E-state index contributed by atoms with van der Waals surface area (Å²) in [6, 6.07) is 4.73. The maximum Gasteiger partial charge on any atom is 0.337 e. The van der Waals surface area contributed by atoms with Crippen molar-refractivity contribution in [2.24, 2.45) is 0 Å². The molecule has 0 saturated heterocycles. The monoisotopic (exact) mass is 204 g/mol. The summed E-state index contributed by atoms with van der Waals surface area (Å²) in [5.74, 6) is -1.06. The number of nitrogen functional groups attached to an aromatic ring is 1. The SMILES string of the molecule is Nc1c(C(=O)O)cccc1-n1cncn1. The van der Waals surface area contributed by atoms with E-state index in [4.69, 9.17) is 10.8 Å². The summed E-state index contributed by atoms with van der Waals surface area (Å²) >= 11 is 0. The Hall–Kier alpha value is -2.37. The molecule has 2 rings (SSSR count). The van der Waals surface area contributed by atoms with Gasteiger partial charge in [0.15, 0.2) is 0 Å². The molecule has 0 aliphatic rings. The first-order valence-corrected chi connectivity index (χ1v) is 4.17. The zero-order chi connectivity index (χ0) is 10.8. The second-order valence-electron chi connectivity index (χ2n) is 2.88. The number of benzene rings is 1. The van der Waals surface area contributed by atoms with Gasteiger partial charge >= 0.3 is 5.97 Å². The molecule has 1 heterocycles. The average Bonchev–Trinajstić information content (AvgIpc) is 2.70. The van der Waals surface area contributed by atoms with Crippen molar-refractivity contribution in [1.29, 1.82) is 0 Å². The summed E-state index contributed by atoms with van der Waals surface area (Å²) in [6.45, 7) is 0. The predicted octanol–water partition coefficient (Wildman–Crippen LogP) is 0.548. The van der Waals surface area contributed by atoms with Gasteiger partial charge in [-0.1, -0.05) is 6.07 Å². The highest BCUT2D eigenvalue weighted by Gasteiger charge is 2.12. The van der Waals surface area contributed by atoms with Gasteiger partial charge in [-0.05, 0) is 12.1 Å². The van der Waals surface area contributed by atoms with Gasteiger partial charge in [0.25, 0.3) is 0 Å². The number of aromatic carboxylic acids is 1. The lowest BCUT2D eigenvalue weighted by Gasteiger charge is -2.06. The van der Waals surface area contributed by atoms with Crippen molar-refractivity contribution in [3.8, 4) is 5.69 Å². The van der Waals surface area contributed by atoms with Gasteiger partial charge in [-0.3, -0.25) is 0 Å². The zero-order valence-corrected chi connectivity index (χ0v) is 7.66. The number of hydrogen-bond acceptors (Lipinski definition) is 4. The zero-order valence-electron chi connectivity index (χ0n) is 7.66. The Morgan fingerprint density at radius 1 is 1.47 bits per heavy atom. The Balaban J connectivity index is 2.59. The molecule has 0 unspecified atom stereocenters. The van der Waals surface area contributed by atoms with Crippen molar-refractivity contribution in [3.05, 3.63) is 36.4 Å². The molecule has 76 valence electrons. The molecule has 0 fully saturated rings. The van der Waals surface area contributed by atoms with Gasteiger partial charge in [-0.25, -0.2) is 14.5 Å². The molecule has 15 heavy (non-hydrogen) atoms. The number of para-hydroxylation sites is 1. The minimum Gasteiger partial charge on any atom is -0.478 e. The van der Waals surface area contributed by atoms with Crippen LogP contribution in [0.3, 0.4) is 0 Å². The fraction of sp³-hybridized carbons (Fsp3) is 0. The molecule has 0 saturated carbocycles. The molecule has 6 heteroatoms. The molecule has 2 aromatic rings. The van der Waals surface area contributed by atoms with E-state index in [-0.39, 0.29) is 11.3 Å². The van der Waals surface area contributed by atoms with Crippen LogP contribution in [0.5, 0.6) is 0 Å². The van der Waals surface area contributed by atoms with E-state index in [0.717, 1.165) is 0 Å². The molecular weight excluding hydrogens is 196 g/mol. The lowest BCUT2D eigenvalue weighted by molar-refractivity contribution is 0.0698. The third kappa shape index (κ3) is 1.52. The summed E-state index contributed by atoms with van der Waals surface area (Å²) in [7, 11) is 0. The van der Waals surface area contributed by atoms with E-state index in [1.54, 1.807) is 12.1 Å². The van der Waals surface area contributed by atoms with E-state index in [1.807, 2.05) is 0 Å². The van der Waals surface area contributed by atoms with Crippen LogP contribution in [0.2, 0.25) is 0 Å². The number of aromatic nitrogens is 3. The quantitative estimate of drug-likeness (QED) is 0.696. The number of nitrogens with zero attached hydrogens (tertiary/aromatic N) is 3. The Labute approximate surface area is 85.0 Å². The first-order chi connectivity index (χ1) is 7.20. The van der Waals surface area contributed by atoms with Crippen molar-refractivity contribution in [2.45, 2.75) is 0 Å². The summed E-state index contributed by atoms with van der Waals surface area (Å²) in [5.41, 5.74) is 6.45. The van der Waals surface area contributed by atoms with Gasteiger partial charge in [0.2, 0.25) is 0 Å². The highest BCUT2D eigenvalue weighted by atomic mass is 16.4. The Morgan fingerprint density at radius 2 is 2.27 bits per heavy atom. The van der Waals surface area contributed by atoms with E-state index in [1.165, 1.54) is 23.4 Å². The second-order valence-corrected chi connectivity index (χ2v) is 2.88. The summed E-state index contributed by atoms with van der Waals surface area (Å²) in [6.07, 6.45) is 2.81. The first-order valence-electron chi connectivity index (χ1n) is 4.17. The van der Waals surface area contributed by atoms with E-state index >= 15 is 0 Å². The van der Waals surface area contributed by atoms with E-state index in [2.05, 4.69) is 10.1 Å². The Morgan fingerprint density at radius 3 is 2.87 bits per heavy atom. The van der Waals surface area contributed by atoms with Crippen LogP contribution in [0, 0.1) is 0 Å². The average molecular weight is 204 g/mol. The highest BCUT2D eigenvalue weighted by Crippen LogP contribution is 2.20. The van der Waals surface area contributed by atoms with Crippen LogP contribution in [0.1, 0.15) is 10.4 Å². The van der Waals surface area contributed by atoms with Gasteiger partial charge in [0, 0.05) is 0 Å². The highest BCUT2D eigenvalue weighted by molar-refractivity contribution is 5.95. The Bertz CT molecular complexity index is 493. The molecule has 0 spiro atoms. The standard InChI is InChI=1S/C9H8N4O2/c10-8-6(9(14)15)2-1-3-7(8)13-5-11-4-12-13/h1-5H,10H2,(H,14,15). The molecule has 1 aromatic carbocycles. The van der Waals surface area contributed by atoms with Crippen molar-refractivity contribution in [3.63, 3.8) is 0 Å². The summed E-state index contributed by atoms with van der Waals surface area (Å²) in [5, 5.41) is 12.7. The van der Waals surface area contributed by atoms with Crippen LogP contribution < -0.4 is 5.73 Å². The molecule has 0 amide bonds. The number of anilines is 1. The number of carboxylic acid groups (broad SMARTS) is 1. The van der Waals surface area contributed by atoms with Crippen molar-refractivity contribution in [2.75, 3.05) is 5.73 Å². The lowest BCUT2D eigenvalue weighted by Crippen LogP contribution is -2.07. The maximum atomic E-state index is 10.8. The third-order valence-corrected chi connectivity index (χ3v) is 1.98. The van der Waals surface area contributed by atoms with E-state index in [0.29, 0.717) is 5.69 Å². The molecule has 0 atom stereocenters. The summed E-state index contributed by atoms with van der Waals surface area (Å²) in [4.78, 5) is 14.6. The third-order valence-electron chi connectivity index (χ3n) is 1.98. The van der Waals surface area contributed by atoms with Gasteiger partial charge in [0.1, 0.15) is 12.7 Å². The smallest absolute Gasteiger partial charge is 0.337 e. The molecule has 1 aromatic heterocycles. The van der Waals surface area contributed by atoms with Crippen LogP contribution in [-0.4, -0.2) is 25.8 Å². The summed E-state index contributed by atoms with van der Waals surface area (Å²) < 4.78 is 1.42. The van der Waals surface area contributed by atoms with Crippen molar-refractivity contribution < 1.29 is 9.90 Å². The van der Waals surface area contributed by atoms with Crippen LogP contribution in [0.15, 0.2) is 30.9 Å². The van der Waals surface area contributed by atoms with Crippen LogP contribution in [-0.2, 0) is 0 Å². The first kappa shape index (κ1) is 9.20. The van der Waals surface area contributed by atoms with Crippen molar-refractivity contribution in [1.82, 2.24) is 14.8 Å². The predicted molar refractivity (Wildman–Crippen MR) is 52.7 cm³/mol. The van der Waals surface area contributed by atoms with Gasteiger partial charge in [-0.15, -0.1) is 0 Å².